The Morgan fingerprint density at radius 1 is 1.15 bits per heavy atom. The molecule has 0 unspecified atom stereocenters. The first kappa shape index (κ1) is 14.4. The van der Waals surface area contributed by atoms with E-state index in [1.807, 2.05) is 4.90 Å². The summed E-state index contributed by atoms with van der Waals surface area (Å²) < 4.78 is 5.48. The van der Waals surface area contributed by atoms with Gasteiger partial charge in [0, 0.05) is 25.7 Å². The van der Waals surface area contributed by atoms with E-state index in [9.17, 15) is 9.59 Å². The van der Waals surface area contributed by atoms with Crippen LogP contribution in [0.3, 0.4) is 0 Å². The van der Waals surface area contributed by atoms with Gasteiger partial charge in [-0.3, -0.25) is 9.59 Å². The first-order chi connectivity index (χ1) is 9.65. The van der Waals surface area contributed by atoms with E-state index in [-0.39, 0.29) is 18.4 Å². The standard InChI is InChI=1S/C15H20N2O3/c1-12(18)16-13-5-7-14(8-6-13)20-11-15(19)17-9-3-2-4-10-17/h5-8H,2-4,9-11H2,1H3,(H,16,18). The average Bonchev–Trinajstić information content (AvgIpc) is 2.46. The summed E-state index contributed by atoms with van der Waals surface area (Å²) in [5.41, 5.74) is 0.715. The molecular formula is C15H20N2O3. The second kappa shape index (κ2) is 6.93. The molecule has 5 nitrogen and oxygen atoms in total. The number of carbonyl (C=O) groups excluding carboxylic acids is 2. The van der Waals surface area contributed by atoms with Crippen LogP contribution in [0.15, 0.2) is 24.3 Å². The summed E-state index contributed by atoms with van der Waals surface area (Å²) in [5, 5.41) is 2.68. The van der Waals surface area contributed by atoms with E-state index in [1.54, 1.807) is 24.3 Å². The molecule has 1 aromatic rings. The maximum atomic E-state index is 11.9. The molecule has 2 amide bonds. The van der Waals surface area contributed by atoms with Gasteiger partial charge in [0.2, 0.25) is 5.91 Å². The number of rotatable bonds is 4. The fourth-order valence-corrected chi connectivity index (χ4v) is 2.22. The van der Waals surface area contributed by atoms with Crippen molar-refractivity contribution >= 4 is 17.5 Å². The van der Waals surface area contributed by atoms with Gasteiger partial charge in [0.15, 0.2) is 6.61 Å². The second-order valence-corrected chi connectivity index (χ2v) is 4.94. The van der Waals surface area contributed by atoms with Crippen molar-refractivity contribution in [2.45, 2.75) is 26.2 Å². The zero-order chi connectivity index (χ0) is 14.4. The predicted octanol–water partition coefficient (Wildman–Crippen LogP) is 2.04. The number of benzene rings is 1. The van der Waals surface area contributed by atoms with Crippen molar-refractivity contribution in [3.05, 3.63) is 24.3 Å². The number of amides is 2. The minimum Gasteiger partial charge on any atom is -0.484 e. The van der Waals surface area contributed by atoms with Crippen LogP contribution in [0.4, 0.5) is 5.69 Å². The molecule has 1 aliphatic rings. The number of ether oxygens (including phenoxy) is 1. The topological polar surface area (TPSA) is 58.6 Å². The van der Waals surface area contributed by atoms with Gasteiger partial charge in [0.05, 0.1) is 0 Å². The van der Waals surface area contributed by atoms with Crippen LogP contribution in [0.5, 0.6) is 5.75 Å². The zero-order valence-corrected chi connectivity index (χ0v) is 11.7. The van der Waals surface area contributed by atoms with Crippen LogP contribution in [-0.4, -0.2) is 36.4 Å². The van der Waals surface area contributed by atoms with Gasteiger partial charge in [0.25, 0.3) is 5.91 Å². The van der Waals surface area contributed by atoms with E-state index in [0.717, 1.165) is 25.9 Å². The fraction of sp³-hybridized carbons (Fsp3) is 0.467. The Hall–Kier alpha value is -2.04. The molecule has 0 atom stereocenters. The summed E-state index contributed by atoms with van der Waals surface area (Å²) in [6.45, 7) is 3.20. The van der Waals surface area contributed by atoms with Crippen LogP contribution in [0, 0.1) is 0 Å². The van der Waals surface area contributed by atoms with Crippen LogP contribution in [0.25, 0.3) is 0 Å². The molecule has 0 spiro atoms. The molecule has 0 aromatic heterocycles. The first-order valence-corrected chi connectivity index (χ1v) is 6.93. The lowest BCUT2D eigenvalue weighted by atomic mass is 10.1. The molecule has 0 bridgehead atoms. The highest BCUT2D eigenvalue weighted by Gasteiger charge is 2.16. The van der Waals surface area contributed by atoms with Crippen LogP contribution in [0.1, 0.15) is 26.2 Å². The quantitative estimate of drug-likeness (QED) is 0.915. The number of likely N-dealkylation sites (tertiary alicyclic amines) is 1. The molecule has 2 rings (SSSR count). The summed E-state index contributed by atoms with van der Waals surface area (Å²) in [5.74, 6) is 0.555. The molecule has 0 aliphatic carbocycles. The molecule has 1 aliphatic heterocycles. The zero-order valence-electron chi connectivity index (χ0n) is 11.7. The lowest BCUT2D eigenvalue weighted by Crippen LogP contribution is -2.38. The van der Waals surface area contributed by atoms with Crippen molar-refractivity contribution in [2.24, 2.45) is 0 Å². The lowest BCUT2D eigenvalue weighted by molar-refractivity contribution is -0.134. The minimum atomic E-state index is -0.112. The van der Waals surface area contributed by atoms with Crippen LogP contribution in [0.2, 0.25) is 0 Å². The molecule has 1 N–H and O–H groups in total. The maximum absolute atomic E-state index is 11.9. The van der Waals surface area contributed by atoms with Crippen molar-refractivity contribution in [3.8, 4) is 5.75 Å². The molecule has 1 heterocycles. The Bertz CT molecular complexity index is 465. The molecule has 20 heavy (non-hydrogen) atoms. The number of piperidine rings is 1. The number of carbonyl (C=O) groups is 2. The molecule has 1 fully saturated rings. The molecule has 0 saturated carbocycles. The van der Waals surface area contributed by atoms with Gasteiger partial charge in [-0.15, -0.1) is 0 Å². The smallest absolute Gasteiger partial charge is 0.260 e. The third kappa shape index (κ3) is 4.26. The summed E-state index contributed by atoms with van der Waals surface area (Å²) in [6.07, 6.45) is 3.36. The number of nitrogens with one attached hydrogen (secondary N) is 1. The highest BCUT2D eigenvalue weighted by atomic mass is 16.5. The summed E-state index contributed by atoms with van der Waals surface area (Å²) in [6, 6.07) is 6.99. The Labute approximate surface area is 118 Å². The van der Waals surface area contributed by atoms with Crippen LogP contribution < -0.4 is 10.1 Å². The number of hydrogen-bond donors (Lipinski definition) is 1. The molecule has 1 aromatic carbocycles. The number of anilines is 1. The predicted molar refractivity (Wildman–Crippen MR) is 76.7 cm³/mol. The highest BCUT2D eigenvalue weighted by Crippen LogP contribution is 2.16. The van der Waals surface area contributed by atoms with E-state index < -0.39 is 0 Å². The van der Waals surface area contributed by atoms with E-state index in [1.165, 1.54) is 13.3 Å². The Kier molecular flexibility index (Phi) is 4.98. The van der Waals surface area contributed by atoms with E-state index in [4.69, 9.17) is 4.74 Å². The monoisotopic (exact) mass is 276 g/mol. The normalized spacial score (nSPS) is 14.8. The summed E-state index contributed by atoms with van der Waals surface area (Å²) in [7, 11) is 0. The molecular weight excluding hydrogens is 256 g/mol. The van der Waals surface area contributed by atoms with Gasteiger partial charge in [0.1, 0.15) is 5.75 Å². The number of hydrogen-bond acceptors (Lipinski definition) is 3. The first-order valence-electron chi connectivity index (χ1n) is 6.93. The van der Waals surface area contributed by atoms with Crippen molar-refractivity contribution in [3.63, 3.8) is 0 Å². The van der Waals surface area contributed by atoms with Gasteiger partial charge in [-0.2, -0.15) is 0 Å². The highest BCUT2D eigenvalue weighted by molar-refractivity contribution is 5.88. The van der Waals surface area contributed by atoms with Gasteiger partial charge >= 0.3 is 0 Å². The van der Waals surface area contributed by atoms with Crippen LogP contribution >= 0.6 is 0 Å². The SMILES string of the molecule is CC(=O)Nc1ccc(OCC(=O)N2CCCCC2)cc1. The Balaban J connectivity index is 1.81. The fourth-order valence-electron chi connectivity index (χ4n) is 2.22. The maximum Gasteiger partial charge on any atom is 0.260 e. The molecule has 0 radical (unpaired) electrons. The average molecular weight is 276 g/mol. The molecule has 108 valence electrons. The van der Waals surface area contributed by atoms with Crippen molar-refractivity contribution < 1.29 is 14.3 Å². The van der Waals surface area contributed by atoms with Gasteiger partial charge in [-0.1, -0.05) is 0 Å². The van der Waals surface area contributed by atoms with Crippen molar-refractivity contribution in [1.29, 1.82) is 0 Å². The van der Waals surface area contributed by atoms with Gasteiger partial charge in [-0.05, 0) is 43.5 Å². The van der Waals surface area contributed by atoms with Crippen molar-refractivity contribution in [1.82, 2.24) is 4.90 Å². The van der Waals surface area contributed by atoms with E-state index in [0.29, 0.717) is 11.4 Å². The van der Waals surface area contributed by atoms with Gasteiger partial charge < -0.3 is 15.0 Å². The van der Waals surface area contributed by atoms with E-state index in [2.05, 4.69) is 5.32 Å². The summed E-state index contributed by atoms with van der Waals surface area (Å²) in [4.78, 5) is 24.7. The van der Waals surface area contributed by atoms with Gasteiger partial charge in [-0.25, -0.2) is 0 Å². The van der Waals surface area contributed by atoms with Crippen LogP contribution in [-0.2, 0) is 9.59 Å². The largest absolute Gasteiger partial charge is 0.484 e. The third-order valence-electron chi connectivity index (χ3n) is 3.25. The Morgan fingerprint density at radius 2 is 1.80 bits per heavy atom. The molecule has 1 saturated heterocycles. The number of nitrogens with zero attached hydrogens (tertiary/aromatic N) is 1. The Morgan fingerprint density at radius 3 is 2.40 bits per heavy atom. The third-order valence-corrected chi connectivity index (χ3v) is 3.25. The van der Waals surface area contributed by atoms with E-state index >= 15 is 0 Å². The lowest BCUT2D eigenvalue weighted by Gasteiger charge is -2.26. The molecule has 5 heteroatoms. The second-order valence-electron chi connectivity index (χ2n) is 4.94. The van der Waals surface area contributed by atoms with Crippen molar-refractivity contribution in [2.75, 3.05) is 25.0 Å². The minimum absolute atomic E-state index is 0.0376. The summed E-state index contributed by atoms with van der Waals surface area (Å²) >= 11 is 0.